The van der Waals surface area contributed by atoms with E-state index in [1.807, 2.05) is 0 Å². The van der Waals surface area contributed by atoms with Crippen molar-refractivity contribution in [2.45, 2.75) is 45.3 Å². The first-order valence-electron chi connectivity index (χ1n) is 11.2. The smallest absolute Gasteiger partial charge is 0.258 e. The van der Waals surface area contributed by atoms with Gasteiger partial charge in [-0.25, -0.2) is 8.78 Å². The van der Waals surface area contributed by atoms with E-state index in [0.29, 0.717) is 23.2 Å². The van der Waals surface area contributed by atoms with E-state index >= 15 is 0 Å². The van der Waals surface area contributed by atoms with E-state index in [4.69, 9.17) is 4.74 Å². The fraction of sp³-hybridized carbons (Fsp3) is 0.308. The van der Waals surface area contributed by atoms with Crippen LogP contribution in [0.5, 0.6) is 5.88 Å². The second kappa shape index (κ2) is 10.9. The summed E-state index contributed by atoms with van der Waals surface area (Å²) in [6.07, 6.45) is 9.30. The van der Waals surface area contributed by atoms with Gasteiger partial charge in [-0.05, 0) is 67.5 Å². The molecule has 0 spiro atoms. The second-order valence-electron chi connectivity index (χ2n) is 8.21. The predicted octanol–water partition coefficient (Wildman–Crippen LogP) is 5.41. The van der Waals surface area contributed by atoms with E-state index in [0.717, 1.165) is 19.3 Å². The topological polar surface area (TPSA) is 56.2 Å². The summed E-state index contributed by atoms with van der Waals surface area (Å²) in [5, 5.41) is 7.34. The molecule has 0 aliphatic heterocycles. The first-order valence-corrected chi connectivity index (χ1v) is 11.2. The third-order valence-corrected chi connectivity index (χ3v) is 5.59. The SMILES string of the molecule is O=C(NCCC1=CCCCC1)c1cn(Cc2cccc(F)c2)nc1OCc1cccc(F)c1. The number of carbonyl (C=O) groups excluding carboxylic acids is 1. The number of nitrogens with zero attached hydrogens (tertiary/aromatic N) is 2. The highest BCUT2D eigenvalue weighted by molar-refractivity contribution is 5.96. The Morgan fingerprint density at radius 3 is 2.55 bits per heavy atom. The maximum atomic E-state index is 13.6. The Morgan fingerprint density at radius 2 is 1.82 bits per heavy atom. The van der Waals surface area contributed by atoms with Crippen LogP contribution in [-0.4, -0.2) is 22.2 Å². The molecule has 1 N–H and O–H groups in total. The van der Waals surface area contributed by atoms with Crippen LogP contribution in [0.1, 0.15) is 53.6 Å². The van der Waals surface area contributed by atoms with Gasteiger partial charge in [-0.15, -0.1) is 5.10 Å². The Kier molecular flexibility index (Phi) is 7.50. The van der Waals surface area contributed by atoms with E-state index in [-0.39, 0.29) is 36.6 Å². The summed E-state index contributed by atoms with van der Waals surface area (Å²) in [6.45, 7) is 0.888. The highest BCUT2D eigenvalue weighted by atomic mass is 19.1. The lowest BCUT2D eigenvalue weighted by atomic mass is 9.97. The van der Waals surface area contributed by atoms with Crippen LogP contribution in [0.25, 0.3) is 0 Å². The van der Waals surface area contributed by atoms with E-state index in [1.54, 1.807) is 35.1 Å². The van der Waals surface area contributed by atoms with Gasteiger partial charge < -0.3 is 10.1 Å². The van der Waals surface area contributed by atoms with Crippen molar-refractivity contribution in [3.63, 3.8) is 0 Å². The molecule has 0 saturated carbocycles. The van der Waals surface area contributed by atoms with E-state index in [2.05, 4.69) is 16.5 Å². The fourth-order valence-electron chi connectivity index (χ4n) is 3.91. The van der Waals surface area contributed by atoms with Gasteiger partial charge in [0.15, 0.2) is 0 Å². The van der Waals surface area contributed by atoms with Gasteiger partial charge in [0.1, 0.15) is 23.8 Å². The molecule has 2 aromatic carbocycles. The molecular weight excluding hydrogens is 424 g/mol. The standard InChI is InChI=1S/C26H27F2N3O2/c27-22-10-4-8-20(14-22)16-31-17-24(25(32)29-13-12-19-6-2-1-3-7-19)26(30-31)33-18-21-9-5-11-23(28)15-21/h4-6,8-11,14-15,17H,1-3,7,12-13,16,18H2,(H,29,32). The number of halogens is 2. The first-order chi connectivity index (χ1) is 16.1. The van der Waals surface area contributed by atoms with Crippen LogP contribution in [0, 0.1) is 11.6 Å². The van der Waals surface area contributed by atoms with Crippen molar-refractivity contribution in [1.29, 1.82) is 0 Å². The van der Waals surface area contributed by atoms with Crippen molar-refractivity contribution in [2.75, 3.05) is 6.54 Å². The van der Waals surface area contributed by atoms with Crippen molar-refractivity contribution >= 4 is 5.91 Å². The summed E-state index contributed by atoms with van der Waals surface area (Å²) in [5.74, 6) is -0.823. The molecule has 1 aliphatic carbocycles. The summed E-state index contributed by atoms with van der Waals surface area (Å²) in [5.41, 5.74) is 3.02. The highest BCUT2D eigenvalue weighted by Gasteiger charge is 2.19. The summed E-state index contributed by atoms with van der Waals surface area (Å²) >= 11 is 0. The summed E-state index contributed by atoms with van der Waals surface area (Å²) in [4.78, 5) is 12.9. The number of benzene rings is 2. The van der Waals surface area contributed by atoms with Crippen LogP contribution in [0.4, 0.5) is 8.78 Å². The maximum Gasteiger partial charge on any atom is 0.258 e. The minimum absolute atomic E-state index is 0.0713. The zero-order valence-electron chi connectivity index (χ0n) is 18.4. The lowest BCUT2D eigenvalue weighted by molar-refractivity contribution is 0.0949. The molecule has 172 valence electrons. The highest BCUT2D eigenvalue weighted by Crippen LogP contribution is 2.21. The molecule has 1 heterocycles. The number of amides is 1. The Hall–Kier alpha value is -3.48. The van der Waals surface area contributed by atoms with Crippen molar-refractivity contribution in [1.82, 2.24) is 15.1 Å². The average molecular weight is 452 g/mol. The van der Waals surface area contributed by atoms with Crippen molar-refractivity contribution in [3.05, 3.63) is 94.7 Å². The normalized spacial score (nSPS) is 13.5. The largest absolute Gasteiger partial charge is 0.471 e. The average Bonchev–Trinajstić information content (AvgIpc) is 3.21. The number of hydrogen-bond acceptors (Lipinski definition) is 3. The van der Waals surface area contributed by atoms with Crippen molar-refractivity contribution < 1.29 is 18.3 Å². The van der Waals surface area contributed by atoms with Gasteiger partial charge in [-0.2, -0.15) is 0 Å². The molecule has 3 aromatic rings. The number of aromatic nitrogens is 2. The van der Waals surface area contributed by atoms with Crippen LogP contribution >= 0.6 is 0 Å². The Labute approximate surface area is 192 Å². The molecule has 0 radical (unpaired) electrons. The third kappa shape index (κ3) is 6.51. The summed E-state index contributed by atoms with van der Waals surface area (Å²) < 4.78 is 34.4. The Morgan fingerprint density at radius 1 is 1.06 bits per heavy atom. The molecule has 0 fully saturated rings. The first kappa shape index (κ1) is 22.7. The summed E-state index contributed by atoms with van der Waals surface area (Å²) in [7, 11) is 0. The number of rotatable bonds is 9. The van der Waals surface area contributed by atoms with Crippen molar-refractivity contribution in [2.24, 2.45) is 0 Å². The zero-order chi connectivity index (χ0) is 23.0. The number of ether oxygens (including phenoxy) is 1. The molecule has 7 heteroatoms. The number of hydrogen-bond donors (Lipinski definition) is 1. The monoisotopic (exact) mass is 451 g/mol. The van der Waals surface area contributed by atoms with E-state index in [1.165, 1.54) is 42.7 Å². The minimum Gasteiger partial charge on any atom is -0.471 e. The fourth-order valence-corrected chi connectivity index (χ4v) is 3.91. The van der Waals surface area contributed by atoms with E-state index < -0.39 is 0 Å². The van der Waals surface area contributed by atoms with Crippen LogP contribution in [-0.2, 0) is 13.2 Å². The van der Waals surface area contributed by atoms with Gasteiger partial charge in [0.2, 0.25) is 5.88 Å². The van der Waals surface area contributed by atoms with Gasteiger partial charge in [0, 0.05) is 12.7 Å². The Bertz CT molecular complexity index is 1140. The van der Waals surface area contributed by atoms with Crippen LogP contribution in [0.2, 0.25) is 0 Å². The van der Waals surface area contributed by atoms with E-state index in [9.17, 15) is 13.6 Å². The Balaban J connectivity index is 1.47. The molecule has 0 atom stereocenters. The quantitative estimate of drug-likeness (QED) is 0.443. The van der Waals surface area contributed by atoms with Gasteiger partial charge in [0.05, 0.1) is 6.54 Å². The molecule has 0 bridgehead atoms. The molecular formula is C26H27F2N3O2. The molecule has 1 amide bonds. The number of carbonyl (C=O) groups is 1. The van der Waals surface area contributed by atoms with Gasteiger partial charge >= 0.3 is 0 Å². The lowest BCUT2D eigenvalue weighted by Gasteiger charge is -2.13. The molecule has 4 rings (SSSR count). The minimum atomic E-state index is -0.359. The van der Waals surface area contributed by atoms with Crippen LogP contribution < -0.4 is 10.1 Å². The van der Waals surface area contributed by atoms with Crippen molar-refractivity contribution in [3.8, 4) is 5.88 Å². The third-order valence-electron chi connectivity index (χ3n) is 5.59. The zero-order valence-corrected chi connectivity index (χ0v) is 18.4. The van der Waals surface area contributed by atoms with Crippen LogP contribution in [0.15, 0.2) is 66.4 Å². The number of nitrogens with one attached hydrogen (secondary N) is 1. The lowest BCUT2D eigenvalue weighted by Crippen LogP contribution is -2.25. The molecule has 0 saturated heterocycles. The predicted molar refractivity (Wildman–Crippen MR) is 122 cm³/mol. The molecule has 5 nitrogen and oxygen atoms in total. The van der Waals surface area contributed by atoms with Gasteiger partial charge in [-0.1, -0.05) is 35.9 Å². The van der Waals surface area contributed by atoms with Gasteiger partial charge in [0.25, 0.3) is 5.91 Å². The molecule has 1 aromatic heterocycles. The molecule has 33 heavy (non-hydrogen) atoms. The van der Waals surface area contributed by atoms with Crippen LogP contribution in [0.3, 0.4) is 0 Å². The second-order valence-corrected chi connectivity index (χ2v) is 8.21. The van der Waals surface area contributed by atoms with Gasteiger partial charge in [-0.3, -0.25) is 9.48 Å². The number of allylic oxidation sites excluding steroid dienone is 1. The maximum absolute atomic E-state index is 13.6. The summed E-state index contributed by atoms with van der Waals surface area (Å²) in [6, 6.07) is 12.3. The molecule has 0 unspecified atom stereocenters. The molecule has 1 aliphatic rings.